The summed E-state index contributed by atoms with van der Waals surface area (Å²) in [5.41, 5.74) is -0.236. The third-order valence-corrected chi connectivity index (χ3v) is 6.77. The van der Waals surface area contributed by atoms with Gasteiger partial charge in [0.15, 0.2) is 0 Å². The van der Waals surface area contributed by atoms with Crippen molar-refractivity contribution in [2.24, 2.45) is 0 Å². The number of ether oxygens (including phenoxy) is 2. The number of likely N-dealkylation sites (tertiary alicyclic amines) is 1. The van der Waals surface area contributed by atoms with Crippen molar-refractivity contribution in [3.63, 3.8) is 0 Å². The number of nitrogens with zero attached hydrogens (tertiary/aromatic N) is 3. The maximum Gasteiger partial charge on any atom is 0.410 e. The molecule has 1 aliphatic carbocycles. The van der Waals surface area contributed by atoms with Crippen LogP contribution in [0.15, 0.2) is 0 Å². The van der Waals surface area contributed by atoms with Crippen LogP contribution in [0.1, 0.15) is 57.8 Å². The molecule has 3 fully saturated rings. The Kier molecular flexibility index (Phi) is 7.79. The molecule has 6 heteroatoms. The molecule has 3 aliphatic rings. The molecule has 1 spiro atoms. The van der Waals surface area contributed by atoms with E-state index in [1.807, 2.05) is 4.90 Å². The van der Waals surface area contributed by atoms with Crippen LogP contribution >= 0.6 is 0 Å². The number of amides is 1. The van der Waals surface area contributed by atoms with Crippen LogP contribution in [0, 0.1) is 0 Å². The Balaban J connectivity index is 1.44. The van der Waals surface area contributed by atoms with Crippen molar-refractivity contribution in [2.75, 3.05) is 60.0 Å². The van der Waals surface area contributed by atoms with E-state index in [0.29, 0.717) is 0 Å². The van der Waals surface area contributed by atoms with E-state index < -0.39 is 0 Å². The van der Waals surface area contributed by atoms with Crippen molar-refractivity contribution >= 4 is 6.09 Å². The molecule has 2 saturated heterocycles. The molecule has 3 rings (SSSR count). The van der Waals surface area contributed by atoms with Crippen LogP contribution in [0.5, 0.6) is 0 Å². The highest BCUT2D eigenvalue weighted by Crippen LogP contribution is 2.35. The van der Waals surface area contributed by atoms with Crippen LogP contribution in [0.3, 0.4) is 0 Å². The Hall–Kier alpha value is -0.850. The van der Waals surface area contributed by atoms with Gasteiger partial charge in [0.1, 0.15) is 5.60 Å². The minimum atomic E-state index is -0.236. The molecule has 2 aliphatic heterocycles. The third kappa shape index (κ3) is 5.81. The summed E-state index contributed by atoms with van der Waals surface area (Å²) in [6.45, 7) is 6.15. The molecule has 1 saturated carbocycles. The number of likely N-dealkylation sites (N-methyl/N-ethyl adjacent to an activating group) is 1. The van der Waals surface area contributed by atoms with Crippen molar-refractivity contribution in [3.8, 4) is 0 Å². The van der Waals surface area contributed by atoms with Crippen molar-refractivity contribution in [2.45, 2.75) is 69.4 Å². The van der Waals surface area contributed by atoms with Gasteiger partial charge in [-0.15, -0.1) is 0 Å². The summed E-state index contributed by atoms with van der Waals surface area (Å²) in [6.07, 6.45) is 11.6. The van der Waals surface area contributed by atoms with Gasteiger partial charge in [-0.1, -0.05) is 32.1 Å². The second kappa shape index (κ2) is 10.1. The molecule has 156 valence electrons. The zero-order chi connectivity index (χ0) is 19.1. The highest BCUT2D eigenvalue weighted by Gasteiger charge is 2.47. The van der Waals surface area contributed by atoms with Crippen molar-refractivity contribution in [1.29, 1.82) is 0 Å². The van der Waals surface area contributed by atoms with E-state index >= 15 is 0 Å². The summed E-state index contributed by atoms with van der Waals surface area (Å²) in [4.78, 5) is 19.2. The minimum Gasteiger partial charge on any atom is -0.441 e. The zero-order valence-electron chi connectivity index (χ0n) is 17.5. The summed E-state index contributed by atoms with van der Waals surface area (Å²) in [6, 6.07) is 0.755. The molecule has 0 bridgehead atoms. The van der Waals surface area contributed by atoms with Gasteiger partial charge in [-0.2, -0.15) is 0 Å². The normalized spacial score (nSPS) is 25.0. The Morgan fingerprint density at radius 1 is 1.11 bits per heavy atom. The number of rotatable bonds is 7. The maximum absolute atomic E-state index is 12.4. The molecule has 0 aromatic carbocycles. The number of methoxy groups -OCH3 is 1. The fraction of sp³-hybridized carbons (Fsp3) is 0.952. The van der Waals surface area contributed by atoms with Gasteiger partial charge in [-0.3, -0.25) is 0 Å². The minimum absolute atomic E-state index is 0.116. The predicted octanol–water partition coefficient (Wildman–Crippen LogP) is 2.96. The molecule has 0 radical (unpaired) electrons. The molecule has 0 atom stereocenters. The van der Waals surface area contributed by atoms with E-state index in [0.717, 1.165) is 64.8 Å². The van der Waals surface area contributed by atoms with Crippen LogP contribution in [-0.4, -0.2) is 92.5 Å². The number of hydrogen-bond acceptors (Lipinski definition) is 5. The quantitative estimate of drug-likeness (QED) is 0.678. The van der Waals surface area contributed by atoms with E-state index in [2.05, 4.69) is 16.8 Å². The highest BCUT2D eigenvalue weighted by molar-refractivity contribution is 5.70. The molecule has 0 unspecified atom stereocenters. The topological polar surface area (TPSA) is 45.2 Å². The molecule has 2 heterocycles. The van der Waals surface area contributed by atoms with E-state index in [9.17, 15) is 4.79 Å². The Morgan fingerprint density at radius 2 is 1.78 bits per heavy atom. The Labute approximate surface area is 165 Å². The fourth-order valence-corrected chi connectivity index (χ4v) is 4.87. The predicted molar refractivity (Wildman–Crippen MR) is 107 cm³/mol. The van der Waals surface area contributed by atoms with Gasteiger partial charge in [-0.05, 0) is 19.9 Å². The standard InChI is InChI=1S/C21H39N3O3/c1-22(16-17-26-2)14-15-24-18-21(27-20(24)25)10-12-23(13-11-21)19-8-6-4-3-5-7-9-19/h19H,3-18H2,1-2H3. The first-order valence-corrected chi connectivity index (χ1v) is 11.0. The molecule has 27 heavy (non-hydrogen) atoms. The smallest absolute Gasteiger partial charge is 0.410 e. The molecular weight excluding hydrogens is 342 g/mol. The molecule has 6 nitrogen and oxygen atoms in total. The van der Waals surface area contributed by atoms with Crippen LogP contribution in [0.4, 0.5) is 4.79 Å². The van der Waals surface area contributed by atoms with Crippen LogP contribution in [0.2, 0.25) is 0 Å². The van der Waals surface area contributed by atoms with E-state index in [-0.39, 0.29) is 11.7 Å². The number of carbonyl (C=O) groups excluding carboxylic acids is 1. The number of hydrogen-bond donors (Lipinski definition) is 0. The first-order chi connectivity index (χ1) is 13.1. The summed E-state index contributed by atoms with van der Waals surface area (Å²) in [5, 5.41) is 0. The molecule has 0 N–H and O–H groups in total. The molecular formula is C21H39N3O3. The summed E-state index contributed by atoms with van der Waals surface area (Å²) in [7, 11) is 3.79. The van der Waals surface area contributed by atoms with E-state index in [4.69, 9.17) is 9.47 Å². The first-order valence-electron chi connectivity index (χ1n) is 11.0. The van der Waals surface area contributed by atoms with Crippen molar-refractivity contribution in [1.82, 2.24) is 14.7 Å². The van der Waals surface area contributed by atoms with Crippen LogP contribution < -0.4 is 0 Å². The lowest BCUT2D eigenvalue weighted by molar-refractivity contribution is -0.0131. The lowest BCUT2D eigenvalue weighted by Crippen LogP contribution is -2.50. The second-order valence-corrected chi connectivity index (χ2v) is 8.80. The average Bonchev–Trinajstić information content (AvgIpc) is 2.94. The highest BCUT2D eigenvalue weighted by atomic mass is 16.6. The van der Waals surface area contributed by atoms with Gasteiger partial charge in [0, 0.05) is 58.7 Å². The third-order valence-electron chi connectivity index (χ3n) is 6.77. The summed E-state index contributed by atoms with van der Waals surface area (Å²) < 4.78 is 11.0. The molecule has 0 aromatic heterocycles. The summed E-state index contributed by atoms with van der Waals surface area (Å²) >= 11 is 0. The zero-order valence-corrected chi connectivity index (χ0v) is 17.5. The fourth-order valence-electron chi connectivity index (χ4n) is 4.87. The maximum atomic E-state index is 12.4. The largest absolute Gasteiger partial charge is 0.441 e. The second-order valence-electron chi connectivity index (χ2n) is 8.80. The van der Waals surface area contributed by atoms with Gasteiger partial charge in [0.05, 0.1) is 13.2 Å². The van der Waals surface area contributed by atoms with Crippen molar-refractivity contribution in [3.05, 3.63) is 0 Å². The molecule has 0 aromatic rings. The van der Waals surface area contributed by atoms with Gasteiger partial charge < -0.3 is 24.2 Å². The SMILES string of the molecule is COCCN(C)CCN1CC2(CCN(C3CCCCCCC3)CC2)OC1=O. The number of piperidine rings is 1. The van der Waals surface area contributed by atoms with Gasteiger partial charge in [0.25, 0.3) is 0 Å². The van der Waals surface area contributed by atoms with Crippen LogP contribution in [-0.2, 0) is 9.47 Å². The van der Waals surface area contributed by atoms with E-state index in [1.54, 1.807) is 7.11 Å². The Bertz CT molecular complexity index is 458. The van der Waals surface area contributed by atoms with Gasteiger partial charge in [-0.25, -0.2) is 4.79 Å². The average molecular weight is 382 g/mol. The monoisotopic (exact) mass is 381 g/mol. The van der Waals surface area contributed by atoms with Gasteiger partial charge >= 0.3 is 6.09 Å². The van der Waals surface area contributed by atoms with E-state index in [1.165, 1.54) is 44.9 Å². The van der Waals surface area contributed by atoms with Crippen LogP contribution in [0.25, 0.3) is 0 Å². The van der Waals surface area contributed by atoms with Crippen molar-refractivity contribution < 1.29 is 14.3 Å². The number of carbonyl (C=O) groups is 1. The first kappa shape index (κ1) is 20.9. The lowest BCUT2D eigenvalue weighted by atomic mass is 9.88. The lowest BCUT2D eigenvalue weighted by Gasteiger charge is -2.41. The molecule has 1 amide bonds. The Morgan fingerprint density at radius 3 is 2.44 bits per heavy atom. The summed E-state index contributed by atoms with van der Waals surface area (Å²) in [5.74, 6) is 0. The van der Waals surface area contributed by atoms with Gasteiger partial charge in [0.2, 0.25) is 0 Å².